The molecule has 2 unspecified atom stereocenters. The summed E-state index contributed by atoms with van der Waals surface area (Å²) in [7, 11) is 2.07. The van der Waals surface area contributed by atoms with Crippen LogP contribution in [0.3, 0.4) is 0 Å². The van der Waals surface area contributed by atoms with Crippen LogP contribution in [0.25, 0.3) is 0 Å². The highest BCUT2D eigenvalue weighted by Crippen LogP contribution is 2.05. The van der Waals surface area contributed by atoms with Gasteiger partial charge in [0, 0.05) is 19.1 Å². The van der Waals surface area contributed by atoms with E-state index in [0.717, 1.165) is 19.6 Å². The van der Waals surface area contributed by atoms with Gasteiger partial charge in [-0.05, 0) is 26.9 Å². The summed E-state index contributed by atoms with van der Waals surface area (Å²) in [5, 5.41) is 12.4. The lowest BCUT2D eigenvalue weighted by atomic mass is 10.2. The maximum absolute atomic E-state index is 9.12. The van der Waals surface area contributed by atoms with E-state index in [0.29, 0.717) is 6.04 Å². The third kappa shape index (κ3) is 2.77. The minimum atomic E-state index is -0.208. The first-order valence-electron chi connectivity index (χ1n) is 4.29. The van der Waals surface area contributed by atoms with Gasteiger partial charge in [-0.3, -0.25) is 4.90 Å². The molecule has 0 aromatic rings. The molecule has 1 rings (SSSR count). The van der Waals surface area contributed by atoms with Crippen LogP contribution in [-0.4, -0.2) is 48.8 Å². The molecular weight excluding hydrogens is 140 g/mol. The van der Waals surface area contributed by atoms with Crippen LogP contribution >= 0.6 is 0 Å². The average molecular weight is 158 g/mol. The van der Waals surface area contributed by atoms with Gasteiger partial charge in [-0.25, -0.2) is 0 Å². The second kappa shape index (κ2) is 4.04. The standard InChI is InChI=1S/C8H18N2O/c1-7(11)6-10(2)8-3-4-9-5-8/h7-9,11H,3-6H2,1-2H3. The van der Waals surface area contributed by atoms with E-state index in [9.17, 15) is 0 Å². The van der Waals surface area contributed by atoms with E-state index in [2.05, 4.69) is 17.3 Å². The van der Waals surface area contributed by atoms with Crippen molar-refractivity contribution in [3.05, 3.63) is 0 Å². The van der Waals surface area contributed by atoms with E-state index in [1.807, 2.05) is 6.92 Å². The Labute approximate surface area is 68.4 Å². The largest absolute Gasteiger partial charge is 0.392 e. The zero-order valence-electron chi connectivity index (χ0n) is 7.38. The number of hydrogen-bond acceptors (Lipinski definition) is 3. The van der Waals surface area contributed by atoms with Gasteiger partial charge in [0.05, 0.1) is 6.10 Å². The van der Waals surface area contributed by atoms with Gasteiger partial charge in [0.15, 0.2) is 0 Å². The van der Waals surface area contributed by atoms with Gasteiger partial charge >= 0.3 is 0 Å². The number of nitrogens with zero attached hydrogens (tertiary/aromatic N) is 1. The minimum absolute atomic E-state index is 0.208. The highest BCUT2D eigenvalue weighted by atomic mass is 16.3. The fourth-order valence-electron chi connectivity index (χ4n) is 1.58. The van der Waals surface area contributed by atoms with Gasteiger partial charge in [0.2, 0.25) is 0 Å². The topological polar surface area (TPSA) is 35.5 Å². The summed E-state index contributed by atoms with van der Waals surface area (Å²) in [6.45, 7) is 4.81. The number of aliphatic hydroxyl groups excluding tert-OH is 1. The molecule has 66 valence electrons. The monoisotopic (exact) mass is 158 g/mol. The molecule has 0 bridgehead atoms. The van der Waals surface area contributed by atoms with Crippen LogP contribution < -0.4 is 5.32 Å². The predicted molar refractivity (Wildman–Crippen MR) is 45.6 cm³/mol. The Morgan fingerprint density at radius 1 is 1.73 bits per heavy atom. The smallest absolute Gasteiger partial charge is 0.0639 e. The first-order valence-corrected chi connectivity index (χ1v) is 4.29. The molecule has 0 aromatic carbocycles. The third-order valence-electron chi connectivity index (χ3n) is 2.21. The number of nitrogens with one attached hydrogen (secondary N) is 1. The molecule has 0 aromatic heterocycles. The first-order chi connectivity index (χ1) is 5.20. The van der Waals surface area contributed by atoms with E-state index in [1.54, 1.807) is 0 Å². The maximum Gasteiger partial charge on any atom is 0.0639 e. The molecule has 3 heteroatoms. The summed E-state index contributed by atoms with van der Waals surface area (Å²) in [6.07, 6.45) is 1.00. The molecule has 1 aliphatic heterocycles. The normalized spacial score (nSPS) is 27.8. The molecule has 1 fully saturated rings. The number of rotatable bonds is 3. The van der Waals surface area contributed by atoms with Gasteiger partial charge in [-0.15, -0.1) is 0 Å². The summed E-state index contributed by atoms with van der Waals surface area (Å²) in [4.78, 5) is 2.23. The zero-order chi connectivity index (χ0) is 8.27. The van der Waals surface area contributed by atoms with Crippen molar-refractivity contribution in [2.24, 2.45) is 0 Å². The Morgan fingerprint density at radius 2 is 2.45 bits per heavy atom. The average Bonchev–Trinajstić information content (AvgIpc) is 2.35. The number of hydrogen-bond donors (Lipinski definition) is 2. The van der Waals surface area contributed by atoms with E-state index < -0.39 is 0 Å². The van der Waals surface area contributed by atoms with E-state index >= 15 is 0 Å². The Hall–Kier alpha value is -0.120. The Morgan fingerprint density at radius 3 is 2.91 bits per heavy atom. The summed E-state index contributed by atoms with van der Waals surface area (Å²) in [5.74, 6) is 0. The van der Waals surface area contributed by atoms with E-state index in [4.69, 9.17) is 5.11 Å². The van der Waals surface area contributed by atoms with Crippen LogP contribution in [0, 0.1) is 0 Å². The molecule has 3 nitrogen and oxygen atoms in total. The second-order valence-electron chi connectivity index (χ2n) is 3.44. The zero-order valence-corrected chi connectivity index (χ0v) is 7.38. The van der Waals surface area contributed by atoms with Crippen LogP contribution in [0.15, 0.2) is 0 Å². The van der Waals surface area contributed by atoms with Crippen LogP contribution in [0.4, 0.5) is 0 Å². The van der Waals surface area contributed by atoms with Crippen LogP contribution in [0.1, 0.15) is 13.3 Å². The van der Waals surface area contributed by atoms with Crippen LogP contribution in [0.2, 0.25) is 0 Å². The van der Waals surface area contributed by atoms with Crippen molar-refractivity contribution >= 4 is 0 Å². The molecule has 0 amide bonds. The lowest BCUT2D eigenvalue weighted by Crippen LogP contribution is -2.37. The molecule has 0 saturated carbocycles. The van der Waals surface area contributed by atoms with Crippen molar-refractivity contribution in [1.82, 2.24) is 10.2 Å². The molecular formula is C8H18N2O. The molecule has 2 N–H and O–H groups in total. The van der Waals surface area contributed by atoms with Crippen molar-refractivity contribution in [3.63, 3.8) is 0 Å². The van der Waals surface area contributed by atoms with E-state index in [-0.39, 0.29) is 6.10 Å². The third-order valence-corrected chi connectivity index (χ3v) is 2.21. The minimum Gasteiger partial charge on any atom is -0.392 e. The molecule has 0 spiro atoms. The molecule has 0 aliphatic carbocycles. The van der Waals surface area contributed by atoms with E-state index in [1.165, 1.54) is 6.42 Å². The molecule has 1 heterocycles. The molecule has 2 atom stereocenters. The van der Waals surface area contributed by atoms with Crippen molar-refractivity contribution < 1.29 is 5.11 Å². The Balaban J connectivity index is 2.22. The summed E-state index contributed by atoms with van der Waals surface area (Å²) in [5.41, 5.74) is 0. The van der Waals surface area contributed by atoms with Crippen LogP contribution in [0.5, 0.6) is 0 Å². The fourth-order valence-corrected chi connectivity index (χ4v) is 1.58. The molecule has 1 saturated heterocycles. The highest BCUT2D eigenvalue weighted by molar-refractivity contribution is 4.79. The summed E-state index contributed by atoms with van der Waals surface area (Å²) >= 11 is 0. The number of aliphatic hydroxyl groups is 1. The Bertz CT molecular complexity index is 111. The number of likely N-dealkylation sites (N-methyl/N-ethyl adjacent to an activating group) is 1. The maximum atomic E-state index is 9.12. The molecule has 1 aliphatic rings. The fraction of sp³-hybridized carbons (Fsp3) is 1.00. The van der Waals surface area contributed by atoms with Gasteiger partial charge in [0.1, 0.15) is 0 Å². The van der Waals surface area contributed by atoms with Crippen molar-refractivity contribution in [3.8, 4) is 0 Å². The molecule has 0 radical (unpaired) electrons. The van der Waals surface area contributed by atoms with Gasteiger partial charge in [0.25, 0.3) is 0 Å². The van der Waals surface area contributed by atoms with Crippen molar-refractivity contribution in [2.75, 3.05) is 26.7 Å². The van der Waals surface area contributed by atoms with Crippen molar-refractivity contribution in [1.29, 1.82) is 0 Å². The highest BCUT2D eigenvalue weighted by Gasteiger charge is 2.19. The van der Waals surface area contributed by atoms with Gasteiger partial charge in [-0.2, -0.15) is 0 Å². The quantitative estimate of drug-likeness (QED) is 0.590. The van der Waals surface area contributed by atoms with Gasteiger partial charge in [-0.1, -0.05) is 0 Å². The van der Waals surface area contributed by atoms with Gasteiger partial charge < -0.3 is 10.4 Å². The Kier molecular flexibility index (Phi) is 3.30. The SMILES string of the molecule is CC(O)CN(C)C1CCNC1. The van der Waals surface area contributed by atoms with Crippen molar-refractivity contribution in [2.45, 2.75) is 25.5 Å². The summed E-state index contributed by atoms with van der Waals surface area (Å²) < 4.78 is 0. The first kappa shape index (κ1) is 8.97. The lowest BCUT2D eigenvalue weighted by Gasteiger charge is -2.24. The summed E-state index contributed by atoms with van der Waals surface area (Å²) in [6, 6.07) is 0.629. The lowest BCUT2D eigenvalue weighted by molar-refractivity contribution is 0.122. The van der Waals surface area contributed by atoms with Crippen LogP contribution in [-0.2, 0) is 0 Å². The molecule has 11 heavy (non-hydrogen) atoms. The predicted octanol–water partition coefficient (Wildman–Crippen LogP) is -0.339. The second-order valence-corrected chi connectivity index (χ2v) is 3.44.